The van der Waals surface area contributed by atoms with Crippen LogP contribution in [0.5, 0.6) is 0 Å². The molecule has 140 valence electrons. The first-order chi connectivity index (χ1) is 12.1. The summed E-state index contributed by atoms with van der Waals surface area (Å²) in [5.41, 5.74) is 1.69. The van der Waals surface area contributed by atoms with E-state index in [0.717, 1.165) is 12.6 Å². The van der Waals surface area contributed by atoms with Crippen LogP contribution in [0.1, 0.15) is 29.4 Å². The normalized spacial score (nSPS) is 12.0. The quantitative estimate of drug-likeness (QED) is 0.413. The molecule has 3 nitrogen and oxygen atoms in total. The summed E-state index contributed by atoms with van der Waals surface area (Å²) in [5, 5.41) is -0.311. The molecular formula is C18H18BrClF3N3. The maximum Gasteiger partial charge on any atom is 0.417 e. The molecule has 2 rings (SSSR count). The Kier molecular flexibility index (Phi) is 6.69. The molecule has 0 bridgehead atoms. The van der Waals surface area contributed by atoms with Crippen LogP contribution in [0.2, 0.25) is 5.02 Å². The molecule has 1 aromatic carbocycles. The summed E-state index contributed by atoms with van der Waals surface area (Å²) in [7, 11) is 1.91. The number of aromatic nitrogens is 1. The number of halogens is 5. The van der Waals surface area contributed by atoms with Crippen molar-refractivity contribution in [1.29, 1.82) is 0 Å². The molecule has 0 fully saturated rings. The lowest BCUT2D eigenvalue weighted by atomic mass is 10.1. The van der Waals surface area contributed by atoms with Crippen molar-refractivity contribution < 1.29 is 13.2 Å². The van der Waals surface area contributed by atoms with Crippen molar-refractivity contribution in [1.82, 2.24) is 9.88 Å². The van der Waals surface area contributed by atoms with Crippen LogP contribution in [-0.2, 0) is 12.6 Å². The van der Waals surface area contributed by atoms with Crippen LogP contribution in [0, 0.1) is 6.92 Å². The molecule has 0 saturated carbocycles. The molecule has 2 aromatic rings. The minimum Gasteiger partial charge on any atom is -0.366 e. The average molecular weight is 449 g/mol. The maximum absolute atomic E-state index is 13.0. The van der Waals surface area contributed by atoms with Gasteiger partial charge in [0.1, 0.15) is 0 Å². The summed E-state index contributed by atoms with van der Waals surface area (Å²) in [6.45, 7) is 4.66. The minimum atomic E-state index is -4.49. The highest BCUT2D eigenvalue weighted by Crippen LogP contribution is 2.36. The molecule has 0 amide bonds. The molecule has 0 aliphatic rings. The topological polar surface area (TPSA) is 28.5 Å². The Morgan fingerprint density at radius 2 is 2.00 bits per heavy atom. The Morgan fingerprint density at radius 1 is 1.31 bits per heavy atom. The van der Waals surface area contributed by atoms with Crippen LogP contribution in [-0.4, -0.2) is 29.8 Å². The number of alkyl halides is 3. The van der Waals surface area contributed by atoms with E-state index >= 15 is 0 Å². The van der Waals surface area contributed by atoms with Gasteiger partial charge in [-0.2, -0.15) is 13.2 Å². The first kappa shape index (κ1) is 20.7. The summed E-state index contributed by atoms with van der Waals surface area (Å²) < 4.78 is 39.7. The summed E-state index contributed by atoms with van der Waals surface area (Å²) in [6, 6.07) is 5.72. The monoisotopic (exact) mass is 447 g/mol. The highest BCUT2D eigenvalue weighted by atomic mass is 79.9. The second-order valence-electron chi connectivity index (χ2n) is 5.83. The van der Waals surface area contributed by atoms with Gasteiger partial charge in [-0.1, -0.05) is 17.7 Å². The molecule has 0 atom stereocenters. The van der Waals surface area contributed by atoms with Gasteiger partial charge in [0, 0.05) is 24.5 Å². The van der Waals surface area contributed by atoms with Crippen LogP contribution >= 0.6 is 27.5 Å². The van der Waals surface area contributed by atoms with Crippen molar-refractivity contribution in [3.05, 3.63) is 56.3 Å². The van der Waals surface area contributed by atoms with Crippen molar-refractivity contribution in [3.8, 4) is 0 Å². The summed E-state index contributed by atoms with van der Waals surface area (Å²) in [5.74, 6) is 0. The smallest absolute Gasteiger partial charge is 0.366 e. The first-order valence-corrected chi connectivity index (χ1v) is 9.05. The molecule has 0 spiro atoms. The van der Waals surface area contributed by atoms with Crippen LogP contribution < -0.4 is 0 Å². The fourth-order valence-electron chi connectivity index (χ4n) is 2.21. The number of benzene rings is 1. The van der Waals surface area contributed by atoms with E-state index in [1.165, 1.54) is 6.07 Å². The van der Waals surface area contributed by atoms with Crippen LogP contribution in [0.15, 0.2) is 33.7 Å². The predicted octanol–water partition coefficient (Wildman–Crippen LogP) is 6.03. The lowest BCUT2D eigenvalue weighted by Gasteiger charge is -2.13. The Labute approximate surface area is 164 Å². The van der Waals surface area contributed by atoms with E-state index in [1.54, 1.807) is 12.4 Å². The van der Waals surface area contributed by atoms with E-state index in [1.807, 2.05) is 31.9 Å². The van der Waals surface area contributed by atoms with E-state index in [2.05, 4.69) is 25.9 Å². The van der Waals surface area contributed by atoms with E-state index in [9.17, 15) is 13.2 Å². The standard InChI is InChI=1S/C18H18BrClF3N3/c1-4-26(3)10-24-16-9-14(19)17(25-11(16)2)8-12-5-6-15(20)13(7-12)18(21,22)23/h5-7,9-10H,4,8H2,1-3H3/b24-10+. The van der Waals surface area contributed by atoms with Gasteiger partial charge in [-0.25, -0.2) is 4.99 Å². The van der Waals surface area contributed by atoms with Crippen molar-refractivity contribution in [2.75, 3.05) is 13.6 Å². The van der Waals surface area contributed by atoms with Crippen LogP contribution in [0.3, 0.4) is 0 Å². The van der Waals surface area contributed by atoms with Gasteiger partial charge in [-0.3, -0.25) is 4.98 Å². The van der Waals surface area contributed by atoms with Crippen LogP contribution in [0.25, 0.3) is 0 Å². The maximum atomic E-state index is 13.0. The zero-order valence-electron chi connectivity index (χ0n) is 14.5. The van der Waals surface area contributed by atoms with Gasteiger partial charge in [0.25, 0.3) is 0 Å². The van der Waals surface area contributed by atoms with E-state index < -0.39 is 11.7 Å². The third kappa shape index (κ3) is 5.20. The SMILES string of the molecule is CCN(C)/C=N/c1cc(Br)c(Cc2ccc(Cl)c(C(F)(F)F)c2)nc1C. The number of aliphatic imine (C=N–C) groups is 1. The Hall–Kier alpha value is -1.60. The Morgan fingerprint density at radius 3 is 2.62 bits per heavy atom. The molecule has 8 heteroatoms. The molecule has 0 aliphatic carbocycles. The summed E-state index contributed by atoms with van der Waals surface area (Å²) in [6.07, 6.45) is -2.52. The third-order valence-electron chi connectivity index (χ3n) is 3.81. The fraction of sp³-hybridized carbons (Fsp3) is 0.333. The molecular weight excluding hydrogens is 431 g/mol. The molecule has 0 saturated heterocycles. The third-order valence-corrected chi connectivity index (χ3v) is 4.83. The van der Waals surface area contributed by atoms with E-state index in [-0.39, 0.29) is 11.4 Å². The number of pyridine rings is 1. The zero-order chi connectivity index (χ0) is 19.5. The number of hydrogen-bond donors (Lipinski definition) is 0. The largest absolute Gasteiger partial charge is 0.417 e. The van der Waals surface area contributed by atoms with E-state index in [0.29, 0.717) is 27.1 Å². The van der Waals surface area contributed by atoms with Gasteiger partial charge >= 0.3 is 6.18 Å². The van der Waals surface area contributed by atoms with Gasteiger partial charge in [0.15, 0.2) is 0 Å². The van der Waals surface area contributed by atoms with Crippen molar-refractivity contribution in [2.45, 2.75) is 26.4 Å². The Bertz CT molecular complexity index is 822. The summed E-state index contributed by atoms with van der Waals surface area (Å²) >= 11 is 9.11. The lowest BCUT2D eigenvalue weighted by molar-refractivity contribution is -0.137. The molecule has 1 aromatic heterocycles. The van der Waals surface area contributed by atoms with Crippen molar-refractivity contribution in [2.24, 2.45) is 4.99 Å². The second kappa shape index (κ2) is 8.39. The molecule has 0 radical (unpaired) electrons. The number of hydrogen-bond acceptors (Lipinski definition) is 2. The molecule has 1 heterocycles. The molecule has 0 unspecified atom stereocenters. The van der Waals surface area contributed by atoms with Gasteiger partial charge in [-0.05, 0) is 53.5 Å². The van der Waals surface area contributed by atoms with Gasteiger partial charge in [0.2, 0.25) is 0 Å². The fourth-order valence-corrected chi connectivity index (χ4v) is 2.88. The van der Waals surface area contributed by atoms with Crippen molar-refractivity contribution >= 4 is 39.6 Å². The summed E-state index contributed by atoms with van der Waals surface area (Å²) in [4.78, 5) is 10.8. The molecule has 0 aliphatic heterocycles. The van der Waals surface area contributed by atoms with Crippen LogP contribution in [0.4, 0.5) is 18.9 Å². The minimum absolute atomic E-state index is 0.251. The second-order valence-corrected chi connectivity index (χ2v) is 7.09. The number of aryl methyl sites for hydroxylation is 1. The lowest BCUT2D eigenvalue weighted by Crippen LogP contribution is -2.14. The first-order valence-electron chi connectivity index (χ1n) is 7.88. The number of nitrogens with zero attached hydrogens (tertiary/aromatic N) is 3. The highest BCUT2D eigenvalue weighted by Gasteiger charge is 2.33. The van der Waals surface area contributed by atoms with Gasteiger partial charge in [-0.15, -0.1) is 0 Å². The highest BCUT2D eigenvalue weighted by molar-refractivity contribution is 9.10. The average Bonchev–Trinajstić information content (AvgIpc) is 2.56. The number of rotatable bonds is 5. The van der Waals surface area contributed by atoms with Gasteiger partial charge < -0.3 is 4.90 Å². The van der Waals surface area contributed by atoms with Gasteiger partial charge in [0.05, 0.1) is 34.0 Å². The molecule has 0 N–H and O–H groups in total. The predicted molar refractivity (Wildman–Crippen MR) is 102 cm³/mol. The molecule has 26 heavy (non-hydrogen) atoms. The van der Waals surface area contributed by atoms with Crippen molar-refractivity contribution in [3.63, 3.8) is 0 Å². The Balaban J connectivity index is 2.31. The van der Waals surface area contributed by atoms with E-state index in [4.69, 9.17) is 11.6 Å². The zero-order valence-corrected chi connectivity index (χ0v) is 16.9.